The van der Waals surface area contributed by atoms with Gasteiger partial charge in [0.2, 0.25) is 5.91 Å². The number of nitrogens with two attached hydrogens (primary N) is 1. The fourth-order valence-corrected chi connectivity index (χ4v) is 0.991. The molecule has 0 saturated carbocycles. The Hall–Kier alpha value is -0.790. The molecule has 0 aliphatic rings. The fraction of sp³-hybridized carbons (Fsp3) is 0.667. The maximum atomic E-state index is 10.3. The maximum absolute atomic E-state index is 10.3. The lowest BCUT2D eigenvalue weighted by atomic mass is 10.1. The van der Waals surface area contributed by atoms with Crippen LogP contribution in [0, 0.1) is 0 Å². The van der Waals surface area contributed by atoms with Crippen LogP contribution in [-0.4, -0.2) is 5.91 Å². The molecular weight excluding hydrogens is 138 g/mol. The van der Waals surface area contributed by atoms with Gasteiger partial charge in [-0.25, -0.2) is 0 Å². The molecule has 64 valence electrons. The van der Waals surface area contributed by atoms with Crippen LogP contribution in [0.25, 0.3) is 0 Å². The van der Waals surface area contributed by atoms with E-state index in [2.05, 4.69) is 13.5 Å². The summed E-state index contributed by atoms with van der Waals surface area (Å²) in [5.41, 5.74) is 6.21. The van der Waals surface area contributed by atoms with E-state index in [4.69, 9.17) is 5.73 Å². The lowest BCUT2D eigenvalue weighted by Crippen LogP contribution is -2.09. The first-order valence-electron chi connectivity index (χ1n) is 4.11. The predicted molar refractivity (Wildman–Crippen MR) is 47.1 cm³/mol. The maximum Gasteiger partial charge on any atom is 0.217 e. The normalized spacial score (nSPS) is 9.55. The van der Waals surface area contributed by atoms with Crippen LogP contribution in [-0.2, 0) is 4.79 Å². The molecule has 0 unspecified atom stereocenters. The highest BCUT2D eigenvalue weighted by Crippen LogP contribution is 2.10. The highest BCUT2D eigenvalue weighted by molar-refractivity contribution is 5.73. The van der Waals surface area contributed by atoms with E-state index in [0.29, 0.717) is 6.42 Å². The van der Waals surface area contributed by atoms with Crippen molar-refractivity contribution in [3.05, 3.63) is 12.2 Å². The van der Waals surface area contributed by atoms with E-state index in [9.17, 15) is 4.79 Å². The zero-order valence-corrected chi connectivity index (χ0v) is 7.23. The highest BCUT2D eigenvalue weighted by Gasteiger charge is 1.96. The zero-order chi connectivity index (χ0) is 8.69. The average Bonchev–Trinajstić information content (AvgIpc) is 1.87. The van der Waals surface area contributed by atoms with Gasteiger partial charge in [0.05, 0.1) is 0 Å². The van der Waals surface area contributed by atoms with Crippen LogP contribution in [0.2, 0.25) is 0 Å². The Morgan fingerprint density at radius 1 is 1.36 bits per heavy atom. The number of primary amides is 1. The molecule has 0 heterocycles. The summed E-state index contributed by atoms with van der Waals surface area (Å²) in [4.78, 5) is 10.3. The highest BCUT2D eigenvalue weighted by atomic mass is 16.1. The fourth-order valence-electron chi connectivity index (χ4n) is 0.991. The molecule has 0 aromatic rings. The summed E-state index contributed by atoms with van der Waals surface area (Å²) in [6.45, 7) is 6.01. The van der Waals surface area contributed by atoms with E-state index in [0.717, 1.165) is 25.7 Å². The van der Waals surface area contributed by atoms with Crippen LogP contribution in [0.4, 0.5) is 0 Å². The minimum Gasteiger partial charge on any atom is -0.370 e. The molecule has 0 radical (unpaired) electrons. The smallest absolute Gasteiger partial charge is 0.217 e. The van der Waals surface area contributed by atoms with E-state index in [-0.39, 0.29) is 5.91 Å². The summed E-state index contributed by atoms with van der Waals surface area (Å²) >= 11 is 0. The second-order valence-corrected chi connectivity index (χ2v) is 2.82. The van der Waals surface area contributed by atoms with Gasteiger partial charge in [-0.15, -0.1) is 0 Å². The van der Waals surface area contributed by atoms with Crippen LogP contribution in [0.15, 0.2) is 12.2 Å². The molecule has 2 N–H and O–H groups in total. The van der Waals surface area contributed by atoms with Crippen LogP contribution in [0.1, 0.15) is 39.0 Å². The van der Waals surface area contributed by atoms with Gasteiger partial charge in [0.1, 0.15) is 0 Å². The largest absolute Gasteiger partial charge is 0.370 e. The molecule has 0 spiro atoms. The van der Waals surface area contributed by atoms with Crippen LogP contribution >= 0.6 is 0 Å². The van der Waals surface area contributed by atoms with E-state index in [1.807, 2.05) is 0 Å². The van der Waals surface area contributed by atoms with E-state index in [1.54, 1.807) is 0 Å². The van der Waals surface area contributed by atoms with Crippen molar-refractivity contribution < 1.29 is 4.79 Å². The van der Waals surface area contributed by atoms with Gasteiger partial charge in [0.15, 0.2) is 0 Å². The molecule has 0 rings (SSSR count). The zero-order valence-electron chi connectivity index (χ0n) is 7.23. The number of hydrogen-bond acceptors (Lipinski definition) is 1. The van der Waals surface area contributed by atoms with Gasteiger partial charge in [-0.2, -0.15) is 0 Å². The van der Waals surface area contributed by atoms with Gasteiger partial charge < -0.3 is 5.73 Å². The molecule has 2 nitrogen and oxygen atoms in total. The Labute approximate surface area is 68.5 Å². The molecule has 0 aliphatic heterocycles. The molecule has 0 aliphatic carbocycles. The van der Waals surface area contributed by atoms with E-state index in [1.165, 1.54) is 5.57 Å². The van der Waals surface area contributed by atoms with Crippen molar-refractivity contribution in [2.45, 2.75) is 39.0 Å². The Morgan fingerprint density at radius 3 is 2.45 bits per heavy atom. The van der Waals surface area contributed by atoms with Crippen molar-refractivity contribution in [2.24, 2.45) is 5.73 Å². The van der Waals surface area contributed by atoms with Gasteiger partial charge in [-0.3, -0.25) is 4.79 Å². The van der Waals surface area contributed by atoms with Gasteiger partial charge in [-0.1, -0.05) is 25.5 Å². The van der Waals surface area contributed by atoms with Crippen molar-refractivity contribution in [2.75, 3.05) is 0 Å². The first kappa shape index (κ1) is 10.2. The van der Waals surface area contributed by atoms with Gasteiger partial charge in [0.25, 0.3) is 0 Å². The predicted octanol–water partition coefficient (Wildman–Crippen LogP) is 2.00. The molecule has 0 saturated heterocycles. The Balaban J connectivity index is 3.24. The molecule has 0 aromatic heterocycles. The third-order valence-corrected chi connectivity index (χ3v) is 1.56. The molecule has 1 amide bonds. The number of carbonyl (C=O) groups is 1. The summed E-state index contributed by atoms with van der Waals surface area (Å²) in [6.07, 6.45) is 4.49. The number of hydrogen-bond donors (Lipinski definition) is 1. The SMILES string of the molecule is C=C(CCC)CCCC(N)=O. The number of rotatable bonds is 6. The molecule has 2 heteroatoms. The van der Waals surface area contributed by atoms with E-state index < -0.39 is 0 Å². The van der Waals surface area contributed by atoms with Crippen LogP contribution < -0.4 is 5.73 Å². The first-order chi connectivity index (χ1) is 5.16. The summed E-state index contributed by atoms with van der Waals surface area (Å²) in [5, 5.41) is 0. The standard InChI is InChI=1S/C9H17NO/c1-3-5-8(2)6-4-7-9(10)11/h2-7H2,1H3,(H2,10,11). The number of carbonyl (C=O) groups excluding carboxylic acids is 1. The summed E-state index contributed by atoms with van der Waals surface area (Å²) in [6, 6.07) is 0. The van der Waals surface area contributed by atoms with Crippen molar-refractivity contribution in [3.63, 3.8) is 0 Å². The Bertz CT molecular complexity index is 140. The van der Waals surface area contributed by atoms with Gasteiger partial charge in [-0.05, 0) is 19.3 Å². The second-order valence-electron chi connectivity index (χ2n) is 2.82. The Morgan fingerprint density at radius 2 is 2.00 bits per heavy atom. The summed E-state index contributed by atoms with van der Waals surface area (Å²) in [5.74, 6) is -0.214. The van der Waals surface area contributed by atoms with Crippen molar-refractivity contribution >= 4 is 5.91 Å². The van der Waals surface area contributed by atoms with Crippen LogP contribution in [0.3, 0.4) is 0 Å². The van der Waals surface area contributed by atoms with Crippen molar-refractivity contribution in [3.8, 4) is 0 Å². The lowest BCUT2D eigenvalue weighted by molar-refractivity contribution is -0.118. The molecule has 0 atom stereocenters. The molecule has 0 aromatic carbocycles. The summed E-state index contributed by atoms with van der Waals surface area (Å²) in [7, 11) is 0. The van der Waals surface area contributed by atoms with Crippen LogP contribution in [0.5, 0.6) is 0 Å². The first-order valence-corrected chi connectivity index (χ1v) is 4.11. The molecule has 0 fully saturated rings. The minimum absolute atomic E-state index is 0.214. The second kappa shape index (κ2) is 5.96. The number of amides is 1. The topological polar surface area (TPSA) is 43.1 Å². The van der Waals surface area contributed by atoms with Gasteiger partial charge in [0, 0.05) is 6.42 Å². The third-order valence-electron chi connectivity index (χ3n) is 1.56. The molecular formula is C9H17NO. The third kappa shape index (κ3) is 7.10. The molecule has 11 heavy (non-hydrogen) atoms. The quantitative estimate of drug-likeness (QED) is 0.586. The molecule has 0 bridgehead atoms. The Kier molecular flexibility index (Phi) is 5.53. The average molecular weight is 155 g/mol. The monoisotopic (exact) mass is 155 g/mol. The minimum atomic E-state index is -0.214. The van der Waals surface area contributed by atoms with Gasteiger partial charge >= 0.3 is 0 Å². The van der Waals surface area contributed by atoms with E-state index >= 15 is 0 Å². The van der Waals surface area contributed by atoms with Crippen molar-refractivity contribution in [1.29, 1.82) is 0 Å². The van der Waals surface area contributed by atoms with Crippen molar-refractivity contribution in [1.82, 2.24) is 0 Å². The number of allylic oxidation sites excluding steroid dienone is 1. The lowest BCUT2D eigenvalue weighted by Gasteiger charge is -2.01. The summed E-state index contributed by atoms with van der Waals surface area (Å²) < 4.78 is 0.